The van der Waals surface area contributed by atoms with Crippen molar-refractivity contribution in [3.63, 3.8) is 0 Å². The van der Waals surface area contributed by atoms with Gasteiger partial charge in [-0.05, 0) is 36.4 Å². The van der Waals surface area contributed by atoms with Gasteiger partial charge in [0.1, 0.15) is 5.76 Å². The fraction of sp³-hybridized carbons (Fsp3) is 0.143. The first-order chi connectivity index (χ1) is 18.0. The molecule has 9 heteroatoms. The van der Waals surface area contributed by atoms with Crippen LogP contribution in [0.25, 0.3) is 16.7 Å². The number of hydrogen-bond acceptors (Lipinski definition) is 7. The molecule has 9 nitrogen and oxygen atoms in total. The van der Waals surface area contributed by atoms with E-state index >= 15 is 0 Å². The molecule has 0 aliphatic carbocycles. The predicted octanol–water partition coefficient (Wildman–Crippen LogP) is 4.54. The summed E-state index contributed by atoms with van der Waals surface area (Å²) in [6.45, 7) is 0.0722. The van der Waals surface area contributed by atoms with Crippen molar-refractivity contribution in [2.75, 3.05) is 25.9 Å². The number of benzene rings is 3. The van der Waals surface area contributed by atoms with Crippen molar-refractivity contribution in [1.82, 2.24) is 4.98 Å². The van der Waals surface area contributed by atoms with Crippen molar-refractivity contribution < 1.29 is 33.6 Å². The minimum Gasteiger partial charge on any atom is -0.507 e. The molecule has 1 unspecified atom stereocenters. The van der Waals surface area contributed by atoms with Crippen LogP contribution in [-0.4, -0.2) is 42.8 Å². The summed E-state index contributed by atoms with van der Waals surface area (Å²) in [5.41, 5.74) is 2.20. The Hall–Kier alpha value is -4.92. The van der Waals surface area contributed by atoms with Gasteiger partial charge in [-0.15, -0.1) is 0 Å². The SMILES string of the molecule is COc1ccc(/C(O)=C2\C(=O)C(=O)N(c3ccc4c(c3)OCO4)C2c2c[nH]c3ccccc23)cc1OC. The molecular weight excluding hydrogens is 476 g/mol. The van der Waals surface area contributed by atoms with Crippen molar-refractivity contribution in [3.8, 4) is 23.0 Å². The number of fused-ring (bicyclic) bond motifs is 2. The van der Waals surface area contributed by atoms with E-state index in [4.69, 9.17) is 18.9 Å². The zero-order chi connectivity index (χ0) is 25.7. The molecule has 0 spiro atoms. The van der Waals surface area contributed by atoms with Crippen molar-refractivity contribution in [2.24, 2.45) is 0 Å². The third kappa shape index (κ3) is 3.47. The van der Waals surface area contributed by atoms with Gasteiger partial charge >= 0.3 is 0 Å². The number of hydrogen-bond donors (Lipinski definition) is 2. The number of amides is 1. The molecular formula is C28H22N2O7. The molecule has 1 atom stereocenters. The van der Waals surface area contributed by atoms with Crippen LogP contribution in [0, 0.1) is 0 Å². The minimum absolute atomic E-state index is 0.0420. The molecule has 6 rings (SSSR count). The van der Waals surface area contributed by atoms with Crippen molar-refractivity contribution >= 4 is 34.0 Å². The largest absolute Gasteiger partial charge is 0.507 e. The number of nitrogens with one attached hydrogen (secondary N) is 1. The predicted molar refractivity (Wildman–Crippen MR) is 135 cm³/mol. The van der Waals surface area contributed by atoms with E-state index in [1.54, 1.807) is 42.6 Å². The Morgan fingerprint density at radius 3 is 2.57 bits per heavy atom. The number of para-hydroxylation sites is 1. The third-order valence-corrected chi connectivity index (χ3v) is 6.65. The van der Waals surface area contributed by atoms with Crippen molar-refractivity contribution in [3.05, 3.63) is 83.6 Å². The molecule has 0 radical (unpaired) electrons. The number of aromatic nitrogens is 1. The molecule has 2 N–H and O–H groups in total. The number of carbonyl (C=O) groups excluding carboxylic acids is 2. The number of anilines is 1. The lowest BCUT2D eigenvalue weighted by molar-refractivity contribution is -0.132. The Morgan fingerprint density at radius 1 is 0.973 bits per heavy atom. The van der Waals surface area contributed by atoms with E-state index < -0.39 is 17.7 Å². The lowest BCUT2D eigenvalue weighted by Crippen LogP contribution is -2.29. The number of methoxy groups -OCH3 is 2. The van der Waals surface area contributed by atoms with E-state index in [-0.39, 0.29) is 18.1 Å². The third-order valence-electron chi connectivity index (χ3n) is 6.65. The van der Waals surface area contributed by atoms with Crippen LogP contribution in [0.5, 0.6) is 23.0 Å². The molecule has 2 aliphatic rings. The first-order valence-corrected chi connectivity index (χ1v) is 11.5. The van der Waals surface area contributed by atoms with Crippen LogP contribution < -0.4 is 23.8 Å². The Balaban J connectivity index is 1.58. The van der Waals surface area contributed by atoms with Gasteiger partial charge in [-0.3, -0.25) is 14.5 Å². The standard InChI is InChI=1S/C28H22N2O7/c1-34-20-9-7-15(11-22(20)35-2)26(31)24-25(18-13-29-19-6-4-3-5-17(18)19)30(28(33)27(24)32)16-8-10-21-23(12-16)37-14-36-21/h3-13,25,29,31H,14H2,1-2H3/b26-24+. The second kappa shape index (κ2) is 8.63. The van der Waals surface area contributed by atoms with Gasteiger partial charge in [-0.1, -0.05) is 18.2 Å². The number of ether oxygens (including phenoxy) is 4. The number of H-pyrrole nitrogens is 1. The van der Waals surface area contributed by atoms with Crippen LogP contribution in [0.1, 0.15) is 17.2 Å². The van der Waals surface area contributed by atoms with Crippen LogP contribution in [-0.2, 0) is 9.59 Å². The fourth-order valence-corrected chi connectivity index (χ4v) is 4.89. The van der Waals surface area contributed by atoms with Crippen LogP contribution >= 0.6 is 0 Å². The average Bonchev–Trinajstić information content (AvgIpc) is 3.64. The Labute approximate surface area is 211 Å². The number of aliphatic hydroxyl groups excluding tert-OH is 1. The van der Waals surface area contributed by atoms with Gasteiger partial charge in [0.05, 0.1) is 25.8 Å². The molecule has 1 saturated heterocycles. The minimum atomic E-state index is -0.912. The summed E-state index contributed by atoms with van der Waals surface area (Å²) >= 11 is 0. The maximum absolute atomic E-state index is 13.5. The van der Waals surface area contributed by atoms with Gasteiger partial charge in [0.25, 0.3) is 11.7 Å². The smallest absolute Gasteiger partial charge is 0.300 e. The normalized spacial score (nSPS) is 18.0. The quantitative estimate of drug-likeness (QED) is 0.236. The van der Waals surface area contributed by atoms with Crippen LogP contribution in [0.4, 0.5) is 5.69 Å². The Morgan fingerprint density at radius 2 is 1.76 bits per heavy atom. The fourth-order valence-electron chi connectivity index (χ4n) is 4.89. The number of nitrogens with zero attached hydrogens (tertiary/aromatic N) is 1. The number of aliphatic hydroxyl groups is 1. The van der Waals surface area contributed by atoms with E-state index in [2.05, 4.69) is 4.98 Å². The zero-order valence-electron chi connectivity index (χ0n) is 20.0. The lowest BCUT2D eigenvalue weighted by atomic mass is 9.94. The Kier molecular flexibility index (Phi) is 5.26. The average molecular weight is 498 g/mol. The summed E-state index contributed by atoms with van der Waals surface area (Å²) in [7, 11) is 2.98. The first-order valence-electron chi connectivity index (χ1n) is 11.5. The highest BCUT2D eigenvalue weighted by molar-refractivity contribution is 6.52. The van der Waals surface area contributed by atoms with Crippen molar-refractivity contribution in [1.29, 1.82) is 0 Å². The summed E-state index contributed by atoms with van der Waals surface area (Å²) in [5, 5.41) is 12.3. The molecule has 3 aromatic carbocycles. The van der Waals surface area contributed by atoms with Gasteiger partial charge in [0.2, 0.25) is 6.79 Å². The molecule has 3 heterocycles. The van der Waals surface area contributed by atoms with Crippen molar-refractivity contribution in [2.45, 2.75) is 6.04 Å². The highest BCUT2D eigenvalue weighted by Crippen LogP contribution is 2.46. The summed E-state index contributed by atoms with van der Waals surface area (Å²) in [6.07, 6.45) is 1.75. The summed E-state index contributed by atoms with van der Waals surface area (Å²) in [4.78, 5) is 31.6. The zero-order valence-corrected chi connectivity index (χ0v) is 20.0. The van der Waals surface area contributed by atoms with E-state index in [0.29, 0.717) is 39.8 Å². The first kappa shape index (κ1) is 22.5. The van der Waals surface area contributed by atoms with E-state index in [0.717, 1.165) is 10.9 Å². The number of ketones is 1. The van der Waals surface area contributed by atoms with Crippen LogP contribution in [0.3, 0.4) is 0 Å². The van der Waals surface area contributed by atoms with Gasteiger partial charge in [0.15, 0.2) is 23.0 Å². The summed E-state index contributed by atoms with van der Waals surface area (Å²) < 4.78 is 21.6. The topological polar surface area (TPSA) is 110 Å². The number of aromatic amines is 1. The highest BCUT2D eigenvalue weighted by atomic mass is 16.7. The maximum atomic E-state index is 13.5. The van der Waals surface area contributed by atoms with Gasteiger partial charge < -0.3 is 29.0 Å². The second-order valence-corrected chi connectivity index (χ2v) is 8.57. The van der Waals surface area contributed by atoms with Gasteiger partial charge in [-0.2, -0.15) is 0 Å². The van der Waals surface area contributed by atoms with Crippen LogP contribution in [0.2, 0.25) is 0 Å². The summed E-state index contributed by atoms with van der Waals surface area (Å²) in [5.74, 6) is -0.0336. The molecule has 1 amide bonds. The maximum Gasteiger partial charge on any atom is 0.300 e. The number of carbonyl (C=O) groups is 2. The number of rotatable bonds is 5. The number of Topliss-reactive ketones (excluding diaryl/α,β-unsaturated/α-hetero) is 1. The highest BCUT2D eigenvalue weighted by Gasteiger charge is 2.48. The molecule has 2 aliphatic heterocycles. The summed E-state index contributed by atoms with van der Waals surface area (Å²) in [6, 6.07) is 16.5. The van der Waals surface area contributed by atoms with Gasteiger partial charge in [0, 0.05) is 40.0 Å². The Bertz CT molecular complexity index is 1600. The molecule has 1 aromatic heterocycles. The molecule has 1 fully saturated rings. The molecule has 186 valence electrons. The lowest BCUT2D eigenvalue weighted by Gasteiger charge is -2.25. The molecule has 37 heavy (non-hydrogen) atoms. The van der Waals surface area contributed by atoms with Gasteiger partial charge in [-0.25, -0.2) is 0 Å². The second-order valence-electron chi connectivity index (χ2n) is 8.57. The van der Waals surface area contributed by atoms with E-state index in [1.165, 1.54) is 19.1 Å². The monoisotopic (exact) mass is 498 g/mol. The van der Waals surface area contributed by atoms with E-state index in [9.17, 15) is 14.7 Å². The van der Waals surface area contributed by atoms with Crippen LogP contribution in [0.15, 0.2) is 72.4 Å². The molecule has 4 aromatic rings. The molecule has 0 bridgehead atoms. The van der Waals surface area contributed by atoms with E-state index in [1.807, 2.05) is 24.3 Å². The molecule has 0 saturated carbocycles.